The largest absolute Gasteiger partial charge is 0.494 e. The van der Waals surface area contributed by atoms with Crippen LogP contribution in [0.5, 0.6) is 11.5 Å². The Hall–Kier alpha value is -3.48. The molecule has 0 radical (unpaired) electrons. The number of ether oxygens (including phenoxy) is 2. The Labute approximate surface area is 181 Å². The molecule has 7 nitrogen and oxygen atoms in total. The number of rotatable bonds is 10. The molecule has 3 aromatic rings. The lowest BCUT2D eigenvalue weighted by molar-refractivity contribution is -0.123. The van der Waals surface area contributed by atoms with Crippen molar-refractivity contribution in [3.05, 3.63) is 59.8 Å². The molecule has 162 valence electrons. The van der Waals surface area contributed by atoms with Gasteiger partial charge in [0, 0.05) is 29.6 Å². The van der Waals surface area contributed by atoms with Gasteiger partial charge >= 0.3 is 0 Å². The SMILES string of the molecule is CCOc1ccc2cc(C(=O)NCCc3ccc(OCC(=O)NC4CC4)cc3)[nH]c2c1. The Kier molecular flexibility index (Phi) is 6.40. The van der Waals surface area contributed by atoms with E-state index in [9.17, 15) is 9.59 Å². The summed E-state index contributed by atoms with van der Waals surface area (Å²) < 4.78 is 11.0. The Morgan fingerprint density at radius 3 is 2.55 bits per heavy atom. The number of H-pyrrole nitrogens is 1. The van der Waals surface area contributed by atoms with E-state index >= 15 is 0 Å². The molecule has 1 aliphatic carbocycles. The molecule has 2 aromatic carbocycles. The van der Waals surface area contributed by atoms with Gasteiger partial charge in [0.05, 0.1) is 6.61 Å². The highest BCUT2D eigenvalue weighted by molar-refractivity contribution is 5.98. The molecule has 1 aliphatic rings. The fourth-order valence-corrected chi connectivity index (χ4v) is 3.30. The number of amides is 2. The maximum absolute atomic E-state index is 12.5. The number of hydrogen-bond donors (Lipinski definition) is 3. The summed E-state index contributed by atoms with van der Waals surface area (Å²) in [6, 6.07) is 15.5. The van der Waals surface area contributed by atoms with Crippen molar-refractivity contribution in [2.75, 3.05) is 19.8 Å². The molecule has 1 saturated carbocycles. The minimum Gasteiger partial charge on any atom is -0.494 e. The van der Waals surface area contributed by atoms with E-state index in [1.807, 2.05) is 55.5 Å². The molecule has 0 aliphatic heterocycles. The summed E-state index contributed by atoms with van der Waals surface area (Å²) >= 11 is 0. The topological polar surface area (TPSA) is 92.4 Å². The second-order valence-corrected chi connectivity index (χ2v) is 7.65. The van der Waals surface area contributed by atoms with Gasteiger partial charge in [-0.25, -0.2) is 0 Å². The molecule has 1 fully saturated rings. The third-order valence-corrected chi connectivity index (χ3v) is 5.08. The second-order valence-electron chi connectivity index (χ2n) is 7.65. The molecular weight excluding hydrogens is 394 g/mol. The van der Waals surface area contributed by atoms with E-state index in [0.717, 1.165) is 35.1 Å². The van der Waals surface area contributed by atoms with E-state index < -0.39 is 0 Å². The molecular formula is C24H27N3O4. The molecule has 1 aromatic heterocycles. The van der Waals surface area contributed by atoms with Gasteiger partial charge in [-0.05, 0) is 62.1 Å². The predicted molar refractivity (Wildman–Crippen MR) is 119 cm³/mol. The van der Waals surface area contributed by atoms with Gasteiger partial charge in [-0.3, -0.25) is 9.59 Å². The van der Waals surface area contributed by atoms with Gasteiger partial charge < -0.3 is 25.1 Å². The van der Waals surface area contributed by atoms with E-state index in [2.05, 4.69) is 15.6 Å². The summed E-state index contributed by atoms with van der Waals surface area (Å²) in [5.41, 5.74) is 2.47. The lowest BCUT2D eigenvalue weighted by atomic mass is 10.1. The Balaban J connectivity index is 1.23. The van der Waals surface area contributed by atoms with Crippen LogP contribution >= 0.6 is 0 Å². The van der Waals surface area contributed by atoms with Crippen LogP contribution in [0.2, 0.25) is 0 Å². The van der Waals surface area contributed by atoms with Gasteiger partial charge in [-0.1, -0.05) is 12.1 Å². The summed E-state index contributed by atoms with van der Waals surface area (Å²) in [7, 11) is 0. The number of nitrogens with one attached hydrogen (secondary N) is 3. The van der Waals surface area contributed by atoms with Gasteiger partial charge in [-0.15, -0.1) is 0 Å². The molecule has 0 spiro atoms. The van der Waals surface area contributed by atoms with Crippen molar-refractivity contribution in [1.29, 1.82) is 0 Å². The number of benzene rings is 2. The van der Waals surface area contributed by atoms with Crippen LogP contribution in [0, 0.1) is 0 Å². The van der Waals surface area contributed by atoms with Gasteiger partial charge in [-0.2, -0.15) is 0 Å². The van der Waals surface area contributed by atoms with Gasteiger partial charge in [0.2, 0.25) is 0 Å². The number of fused-ring (bicyclic) bond motifs is 1. The average molecular weight is 421 g/mol. The van der Waals surface area contributed by atoms with Crippen molar-refractivity contribution < 1.29 is 19.1 Å². The van der Waals surface area contributed by atoms with E-state index in [1.54, 1.807) is 0 Å². The first-order valence-corrected chi connectivity index (χ1v) is 10.7. The Morgan fingerprint density at radius 2 is 1.81 bits per heavy atom. The molecule has 7 heteroatoms. The van der Waals surface area contributed by atoms with Crippen LogP contribution in [0.1, 0.15) is 35.8 Å². The minimum atomic E-state index is -0.143. The molecule has 0 atom stereocenters. The maximum atomic E-state index is 12.5. The average Bonchev–Trinajstić information content (AvgIpc) is 3.48. The summed E-state index contributed by atoms with van der Waals surface area (Å²) in [5, 5.41) is 6.80. The van der Waals surface area contributed by atoms with Crippen molar-refractivity contribution >= 4 is 22.7 Å². The summed E-state index contributed by atoms with van der Waals surface area (Å²) in [6.07, 6.45) is 2.82. The number of carbonyl (C=O) groups is 2. The Bertz CT molecular complexity index is 1050. The molecule has 3 N–H and O–H groups in total. The van der Waals surface area contributed by atoms with Crippen molar-refractivity contribution in [1.82, 2.24) is 15.6 Å². The molecule has 0 unspecified atom stereocenters. The van der Waals surface area contributed by atoms with Gasteiger partial charge in [0.15, 0.2) is 6.61 Å². The molecule has 31 heavy (non-hydrogen) atoms. The standard InChI is InChI=1S/C24H27N3O4/c1-2-30-20-10-5-17-13-22(27-21(17)14-20)24(29)25-12-11-16-3-8-19(9-4-16)31-15-23(28)26-18-6-7-18/h3-5,8-10,13-14,18,27H,2,6-7,11-12,15H2,1H3,(H,25,29)(H,26,28). The van der Waals surface area contributed by atoms with E-state index in [0.29, 0.717) is 37.1 Å². The molecule has 4 rings (SSSR count). The third-order valence-electron chi connectivity index (χ3n) is 5.08. The number of aromatic nitrogens is 1. The predicted octanol–water partition coefficient (Wildman–Crippen LogP) is 3.20. The number of hydrogen-bond acceptors (Lipinski definition) is 4. The zero-order valence-electron chi connectivity index (χ0n) is 17.6. The van der Waals surface area contributed by atoms with Crippen molar-refractivity contribution in [3.63, 3.8) is 0 Å². The monoisotopic (exact) mass is 421 g/mol. The van der Waals surface area contributed by atoms with E-state index in [1.165, 1.54) is 0 Å². The highest BCUT2D eigenvalue weighted by atomic mass is 16.5. The normalized spacial score (nSPS) is 13.1. The second kappa shape index (κ2) is 9.55. The first-order chi connectivity index (χ1) is 15.1. The van der Waals surface area contributed by atoms with E-state index in [-0.39, 0.29) is 18.4 Å². The van der Waals surface area contributed by atoms with Crippen molar-refractivity contribution in [2.45, 2.75) is 32.2 Å². The van der Waals surface area contributed by atoms with Crippen molar-refractivity contribution in [2.24, 2.45) is 0 Å². The summed E-state index contributed by atoms with van der Waals surface area (Å²) in [6.45, 7) is 3.08. The molecule has 0 bridgehead atoms. The smallest absolute Gasteiger partial charge is 0.267 e. The van der Waals surface area contributed by atoms with Crippen LogP contribution < -0.4 is 20.1 Å². The lowest BCUT2D eigenvalue weighted by Gasteiger charge is -2.08. The zero-order valence-corrected chi connectivity index (χ0v) is 17.6. The molecule has 1 heterocycles. The first kappa shape index (κ1) is 20.8. The maximum Gasteiger partial charge on any atom is 0.267 e. The highest BCUT2D eigenvalue weighted by Gasteiger charge is 2.23. The zero-order chi connectivity index (χ0) is 21.6. The molecule has 2 amide bonds. The minimum absolute atomic E-state index is 0.0302. The van der Waals surface area contributed by atoms with Gasteiger partial charge in [0.25, 0.3) is 11.8 Å². The van der Waals surface area contributed by atoms with Crippen LogP contribution in [0.15, 0.2) is 48.5 Å². The summed E-state index contributed by atoms with van der Waals surface area (Å²) in [5.74, 6) is 1.21. The third kappa shape index (κ3) is 5.78. The summed E-state index contributed by atoms with van der Waals surface area (Å²) in [4.78, 5) is 27.3. The van der Waals surface area contributed by atoms with Crippen molar-refractivity contribution in [3.8, 4) is 11.5 Å². The van der Waals surface area contributed by atoms with Crippen LogP contribution in [-0.4, -0.2) is 42.6 Å². The van der Waals surface area contributed by atoms with Crippen LogP contribution in [0.3, 0.4) is 0 Å². The fraction of sp³-hybridized carbons (Fsp3) is 0.333. The molecule has 0 saturated heterocycles. The Morgan fingerprint density at radius 1 is 1.03 bits per heavy atom. The quantitative estimate of drug-likeness (QED) is 0.469. The van der Waals surface area contributed by atoms with Crippen LogP contribution in [0.4, 0.5) is 0 Å². The lowest BCUT2D eigenvalue weighted by Crippen LogP contribution is -2.30. The van der Waals surface area contributed by atoms with Crippen LogP contribution in [-0.2, 0) is 11.2 Å². The highest BCUT2D eigenvalue weighted by Crippen LogP contribution is 2.22. The van der Waals surface area contributed by atoms with E-state index in [4.69, 9.17) is 9.47 Å². The number of carbonyl (C=O) groups excluding carboxylic acids is 2. The van der Waals surface area contributed by atoms with Gasteiger partial charge in [0.1, 0.15) is 17.2 Å². The number of aromatic amines is 1. The van der Waals surface area contributed by atoms with Crippen LogP contribution in [0.25, 0.3) is 10.9 Å². The fourth-order valence-electron chi connectivity index (χ4n) is 3.30. The first-order valence-electron chi connectivity index (χ1n) is 10.7.